The third kappa shape index (κ3) is 3.60. The number of hydrogen-bond acceptors (Lipinski definition) is 5. The van der Waals surface area contributed by atoms with Crippen LogP contribution in [0.3, 0.4) is 0 Å². The first-order valence-corrected chi connectivity index (χ1v) is 7.35. The molecule has 0 saturated carbocycles. The lowest BCUT2D eigenvalue weighted by Crippen LogP contribution is -2.26. The first kappa shape index (κ1) is 14.1. The Balaban J connectivity index is 1.99. The minimum absolute atomic E-state index is 0.0474. The monoisotopic (exact) mass is 288 g/mol. The Labute approximate surface area is 117 Å². The van der Waals surface area contributed by atoms with E-state index in [9.17, 15) is 8.42 Å². The first-order chi connectivity index (χ1) is 9.62. The molecule has 2 rings (SSSR count). The molecular formula is C13H12N4O2S. The molecule has 0 fully saturated rings. The van der Waals surface area contributed by atoms with Crippen molar-refractivity contribution in [3.8, 4) is 6.07 Å². The van der Waals surface area contributed by atoms with Gasteiger partial charge in [0.15, 0.2) is 0 Å². The maximum absolute atomic E-state index is 12.0. The highest BCUT2D eigenvalue weighted by Gasteiger charge is 2.13. The lowest BCUT2D eigenvalue weighted by Gasteiger charge is -2.06. The first-order valence-electron chi connectivity index (χ1n) is 5.86. The Morgan fingerprint density at radius 3 is 2.55 bits per heavy atom. The number of nitrogens with one attached hydrogen (secondary N) is 1. The summed E-state index contributed by atoms with van der Waals surface area (Å²) in [5, 5.41) is 8.62. The average molecular weight is 288 g/mol. The summed E-state index contributed by atoms with van der Waals surface area (Å²) in [4.78, 5) is 7.68. The van der Waals surface area contributed by atoms with Crippen molar-refractivity contribution >= 4 is 10.0 Å². The highest BCUT2D eigenvalue weighted by molar-refractivity contribution is 7.89. The summed E-state index contributed by atoms with van der Waals surface area (Å²) in [6.07, 6.45) is 5.07. The molecule has 0 aliphatic heterocycles. The van der Waals surface area contributed by atoms with Gasteiger partial charge in [-0.3, -0.25) is 4.98 Å². The number of nitrogens with zero attached hydrogens (tertiary/aromatic N) is 3. The van der Waals surface area contributed by atoms with Gasteiger partial charge in [-0.05, 0) is 36.2 Å². The Morgan fingerprint density at radius 2 is 1.95 bits per heavy atom. The maximum Gasteiger partial charge on any atom is 0.242 e. The Kier molecular flexibility index (Phi) is 4.40. The molecule has 0 aromatic carbocycles. The van der Waals surface area contributed by atoms with Gasteiger partial charge in [0, 0.05) is 25.1 Å². The van der Waals surface area contributed by atoms with Gasteiger partial charge in [-0.15, -0.1) is 0 Å². The van der Waals surface area contributed by atoms with Crippen LogP contribution in [-0.4, -0.2) is 24.9 Å². The molecule has 0 radical (unpaired) electrons. The zero-order chi connectivity index (χ0) is 14.4. The second-order valence-corrected chi connectivity index (χ2v) is 5.76. The van der Waals surface area contributed by atoms with Crippen molar-refractivity contribution in [2.45, 2.75) is 11.3 Å². The van der Waals surface area contributed by atoms with E-state index < -0.39 is 10.0 Å². The van der Waals surface area contributed by atoms with Gasteiger partial charge in [-0.2, -0.15) is 5.26 Å². The van der Waals surface area contributed by atoms with Crippen molar-refractivity contribution in [1.29, 1.82) is 5.26 Å². The number of hydrogen-bond donors (Lipinski definition) is 1. The summed E-state index contributed by atoms with van der Waals surface area (Å²) in [7, 11) is -3.59. The second kappa shape index (κ2) is 6.23. The fourth-order valence-electron chi connectivity index (χ4n) is 1.57. The van der Waals surface area contributed by atoms with Crippen molar-refractivity contribution in [2.24, 2.45) is 0 Å². The number of aromatic nitrogens is 2. The van der Waals surface area contributed by atoms with Gasteiger partial charge in [0.2, 0.25) is 10.0 Å². The molecule has 6 nitrogen and oxygen atoms in total. The van der Waals surface area contributed by atoms with E-state index in [1.54, 1.807) is 12.4 Å². The third-order valence-corrected chi connectivity index (χ3v) is 4.06. The summed E-state index contributed by atoms with van der Waals surface area (Å²) >= 11 is 0. The van der Waals surface area contributed by atoms with Crippen LogP contribution in [0, 0.1) is 11.3 Å². The number of rotatable bonds is 5. The van der Waals surface area contributed by atoms with E-state index in [1.165, 1.54) is 18.3 Å². The molecule has 0 spiro atoms. The Morgan fingerprint density at radius 1 is 1.20 bits per heavy atom. The van der Waals surface area contributed by atoms with Crippen molar-refractivity contribution in [3.63, 3.8) is 0 Å². The number of sulfonamides is 1. The predicted molar refractivity (Wildman–Crippen MR) is 72.1 cm³/mol. The molecule has 2 aromatic heterocycles. The molecule has 7 heteroatoms. The van der Waals surface area contributed by atoms with Crippen molar-refractivity contribution in [1.82, 2.24) is 14.7 Å². The Hall–Kier alpha value is -2.30. The molecular weight excluding hydrogens is 276 g/mol. The summed E-state index contributed by atoms with van der Waals surface area (Å²) in [5.74, 6) is 0. The largest absolute Gasteiger partial charge is 0.265 e. The molecule has 0 aliphatic carbocycles. The van der Waals surface area contributed by atoms with Gasteiger partial charge in [0.1, 0.15) is 16.7 Å². The third-order valence-electron chi connectivity index (χ3n) is 2.62. The van der Waals surface area contributed by atoms with Crippen LogP contribution in [0.2, 0.25) is 0 Å². The fraction of sp³-hybridized carbons (Fsp3) is 0.154. The molecule has 1 N–H and O–H groups in total. The molecule has 0 atom stereocenters. The van der Waals surface area contributed by atoms with Gasteiger partial charge in [-0.25, -0.2) is 18.1 Å². The molecule has 0 bridgehead atoms. The van der Waals surface area contributed by atoms with Gasteiger partial charge in [-0.1, -0.05) is 0 Å². The van der Waals surface area contributed by atoms with E-state index in [0.717, 1.165) is 5.56 Å². The zero-order valence-electron chi connectivity index (χ0n) is 10.5. The number of nitriles is 1. The Bertz CT molecular complexity index is 706. The average Bonchev–Trinajstić information content (AvgIpc) is 2.48. The predicted octanol–water partition coefficient (Wildman–Crippen LogP) is 0.869. The molecule has 0 unspecified atom stereocenters. The van der Waals surface area contributed by atoms with Crippen LogP contribution in [0.15, 0.2) is 47.8 Å². The van der Waals surface area contributed by atoms with Gasteiger partial charge >= 0.3 is 0 Å². The molecule has 2 heterocycles. The SMILES string of the molecule is N#Cc1ccc(S(=O)(=O)NCCc2ccncc2)cn1. The molecule has 0 saturated heterocycles. The lowest BCUT2D eigenvalue weighted by atomic mass is 10.2. The van der Waals surface area contributed by atoms with Crippen molar-refractivity contribution in [3.05, 3.63) is 54.1 Å². The van der Waals surface area contributed by atoms with E-state index in [2.05, 4.69) is 14.7 Å². The zero-order valence-corrected chi connectivity index (χ0v) is 11.3. The van der Waals surface area contributed by atoms with Crippen LogP contribution in [0.4, 0.5) is 0 Å². The topological polar surface area (TPSA) is 95.7 Å². The molecule has 20 heavy (non-hydrogen) atoms. The minimum atomic E-state index is -3.59. The highest BCUT2D eigenvalue weighted by Crippen LogP contribution is 2.07. The quantitative estimate of drug-likeness (QED) is 0.880. The normalized spacial score (nSPS) is 10.9. The van der Waals surface area contributed by atoms with Crippen LogP contribution < -0.4 is 4.72 Å². The van der Waals surface area contributed by atoms with Crippen molar-refractivity contribution < 1.29 is 8.42 Å². The van der Waals surface area contributed by atoms with E-state index in [4.69, 9.17) is 5.26 Å². The van der Waals surface area contributed by atoms with E-state index in [1.807, 2.05) is 18.2 Å². The van der Waals surface area contributed by atoms with Gasteiger partial charge in [0.05, 0.1) is 0 Å². The van der Waals surface area contributed by atoms with Crippen molar-refractivity contribution in [2.75, 3.05) is 6.54 Å². The van der Waals surface area contributed by atoms with E-state index >= 15 is 0 Å². The fourth-order valence-corrected chi connectivity index (χ4v) is 2.54. The minimum Gasteiger partial charge on any atom is -0.265 e. The lowest BCUT2D eigenvalue weighted by molar-refractivity contribution is 0.581. The molecule has 0 aliphatic rings. The molecule has 2 aromatic rings. The highest BCUT2D eigenvalue weighted by atomic mass is 32.2. The summed E-state index contributed by atoms with van der Waals surface area (Å²) < 4.78 is 26.4. The second-order valence-electron chi connectivity index (χ2n) is 3.99. The smallest absolute Gasteiger partial charge is 0.242 e. The van der Waals surface area contributed by atoms with Crippen LogP contribution in [-0.2, 0) is 16.4 Å². The van der Waals surface area contributed by atoms with Crippen LogP contribution in [0.25, 0.3) is 0 Å². The number of pyridine rings is 2. The van der Waals surface area contributed by atoms with E-state index in [0.29, 0.717) is 6.42 Å². The van der Waals surface area contributed by atoms with Gasteiger partial charge in [0.25, 0.3) is 0 Å². The van der Waals surface area contributed by atoms with Crippen LogP contribution in [0.5, 0.6) is 0 Å². The summed E-state index contributed by atoms with van der Waals surface area (Å²) in [6, 6.07) is 8.23. The molecule has 0 amide bonds. The maximum atomic E-state index is 12.0. The summed E-state index contributed by atoms with van der Waals surface area (Å²) in [6.45, 7) is 0.284. The van der Waals surface area contributed by atoms with Crippen LogP contribution in [0.1, 0.15) is 11.3 Å². The molecule has 102 valence electrons. The van der Waals surface area contributed by atoms with Crippen LogP contribution >= 0.6 is 0 Å². The van der Waals surface area contributed by atoms with E-state index in [-0.39, 0.29) is 17.1 Å². The summed E-state index contributed by atoms with van der Waals surface area (Å²) in [5.41, 5.74) is 1.18. The standard InChI is InChI=1S/C13H12N4O2S/c14-9-12-1-2-13(10-16-12)20(18,19)17-8-5-11-3-6-15-7-4-11/h1-4,6-7,10,17H,5,8H2. The van der Waals surface area contributed by atoms with Gasteiger partial charge < -0.3 is 0 Å².